The number of hydrogen-bond acceptors (Lipinski definition) is 3. The molecule has 0 N–H and O–H groups in total. The summed E-state index contributed by atoms with van der Waals surface area (Å²) in [5.74, 6) is 1.30. The van der Waals surface area contributed by atoms with E-state index in [9.17, 15) is 4.79 Å². The van der Waals surface area contributed by atoms with Crippen molar-refractivity contribution < 1.29 is 14.3 Å². The second-order valence-electron chi connectivity index (χ2n) is 4.55. The van der Waals surface area contributed by atoms with Crippen molar-refractivity contribution in [1.82, 2.24) is 0 Å². The fourth-order valence-corrected chi connectivity index (χ4v) is 2.37. The van der Waals surface area contributed by atoms with E-state index in [1.54, 1.807) is 31.4 Å². The van der Waals surface area contributed by atoms with Gasteiger partial charge in [0.15, 0.2) is 17.3 Å². The standard InChI is InChI=1S/C18H17BrO3/c1-3-22-17-10-8-13(11-18(17)21-2)7-9-16(20)14-5-4-6-15(19)12-14/h4-12H,3H2,1-2H3/b9-7+. The van der Waals surface area contributed by atoms with Crippen LogP contribution in [0.5, 0.6) is 11.5 Å². The van der Waals surface area contributed by atoms with Gasteiger partial charge in [-0.3, -0.25) is 4.79 Å². The molecule has 22 heavy (non-hydrogen) atoms. The summed E-state index contributed by atoms with van der Waals surface area (Å²) in [5, 5.41) is 0. The predicted octanol–water partition coefficient (Wildman–Crippen LogP) is 4.75. The molecule has 4 heteroatoms. The highest BCUT2D eigenvalue weighted by atomic mass is 79.9. The van der Waals surface area contributed by atoms with E-state index in [1.165, 1.54) is 0 Å². The van der Waals surface area contributed by atoms with Crippen molar-refractivity contribution in [3.05, 3.63) is 64.1 Å². The number of benzene rings is 2. The number of halogens is 1. The maximum absolute atomic E-state index is 12.1. The van der Waals surface area contributed by atoms with Gasteiger partial charge in [-0.05, 0) is 42.8 Å². The molecule has 0 heterocycles. The van der Waals surface area contributed by atoms with Gasteiger partial charge < -0.3 is 9.47 Å². The number of methoxy groups -OCH3 is 1. The summed E-state index contributed by atoms with van der Waals surface area (Å²) < 4.78 is 11.6. The lowest BCUT2D eigenvalue weighted by atomic mass is 10.1. The Kier molecular flexibility index (Phi) is 5.78. The van der Waals surface area contributed by atoms with E-state index in [-0.39, 0.29) is 5.78 Å². The monoisotopic (exact) mass is 360 g/mol. The van der Waals surface area contributed by atoms with E-state index in [0.29, 0.717) is 23.7 Å². The summed E-state index contributed by atoms with van der Waals surface area (Å²) in [4.78, 5) is 12.1. The second-order valence-corrected chi connectivity index (χ2v) is 5.47. The SMILES string of the molecule is CCOc1ccc(/C=C/C(=O)c2cccc(Br)c2)cc1OC. The first kappa shape index (κ1) is 16.3. The summed E-state index contributed by atoms with van der Waals surface area (Å²) in [6.45, 7) is 2.50. The van der Waals surface area contributed by atoms with Gasteiger partial charge in [0.2, 0.25) is 0 Å². The smallest absolute Gasteiger partial charge is 0.185 e. The molecule has 2 rings (SSSR count). The Morgan fingerprint density at radius 1 is 1.18 bits per heavy atom. The molecule has 0 aliphatic heterocycles. The van der Waals surface area contributed by atoms with E-state index in [0.717, 1.165) is 10.0 Å². The molecule has 0 bridgehead atoms. The van der Waals surface area contributed by atoms with Crippen LogP contribution in [0.4, 0.5) is 0 Å². The van der Waals surface area contributed by atoms with Crippen LogP contribution in [-0.2, 0) is 0 Å². The largest absolute Gasteiger partial charge is 0.493 e. The van der Waals surface area contributed by atoms with Gasteiger partial charge in [0, 0.05) is 10.0 Å². The highest BCUT2D eigenvalue weighted by Gasteiger charge is 2.05. The third-order valence-electron chi connectivity index (χ3n) is 3.02. The summed E-state index contributed by atoms with van der Waals surface area (Å²) in [6, 6.07) is 12.9. The molecule has 0 amide bonds. The lowest BCUT2D eigenvalue weighted by Crippen LogP contribution is -1.96. The number of ether oxygens (including phenoxy) is 2. The summed E-state index contributed by atoms with van der Waals surface area (Å²) in [7, 11) is 1.60. The van der Waals surface area contributed by atoms with Crippen LogP contribution in [0.1, 0.15) is 22.8 Å². The van der Waals surface area contributed by atoms with Crippen LogP contribution in [0.2, 0.25) is 0 Å². The number of carbonyl (C=O) groups excluding carboxylic acids is 1. The zero-order valence-corrected chi connectivity index (χ0v) is 14.1. The topological polar surface area (TPSA) is 35.5 Å². The van der Waals surface area contributed by atoms with Crippen molar-refractivity contribution in [3.63, 3.8) is 0 Å². The lowest BCUT2D eigenvalue weighted by molar-refractivity contribution is 0.104. The Bertz CT molecular complexity index is 692. The minimum atomic E-state index is -0.0471. The Morgan fingerprint density at radius 2 is 2.00 bits per heavy atom. The normalized spacial score (nSPS) is 10.7. The van der Waals surface area contributed by atoms with Gasteiger partial charge in [0.05, 0.1) is 13.7 Å². The van der Waals surface area contributed by atoms with Crippen LogP contribution in [0.3, 0.4) is 0 Å². The van der Waals surface area contributed by atoms with E-state index in [4.69, 9.17) is 9.47 Å². The van der Waals surface area contributed by atoms with Gasteiger partial charge in [0.25, 0.3) is 0 Å². The minimum absolute atomic E-state index is 0.0471. The van der Waals surface area contributed by atoms with Crippen LogP contribution in [0.25, 0.3) is 6.08 Å². The van der Waals surface area contributed by atoms with Crippen molar-refractivity contribution in [1.29, 1.82) is 0 Å². The van der Waals surface area contributed by atoms with Gasteiger partial charge in [0.1, 0.15) is 0 Å². The molecule has 2 aromatic rings. The quantitative estimate of drug-likeness (QED) is 0.550. The maximum Gasteiger partial charge on any atom is 0.185 e. The molecule has 0 spiro atoms. The van der Waals surface area contributed by atoms with Crippen molar-refractivity contribution in [2.24, 2.45) is 0 Å². The molecule has 114 valence electrons. The fraction of sp³-hybridized carbons (Fsp3) is 0.167. The molecule has 0 saturated heterocycles. The number of ketones is 1. The first-order valence-electron chi connectivity index (χ1n) is 6.93. The fourth-order valence-electron chi connectivity index (χ4n) is 1.97. The second kappa shape index (κ2) is 7.80. The maximum atomic E-state index is 12.1. The number of allylic oxidation sites excluding steroid dienone is 1. The van der Waals surface area contributed by atoms with Crippen LogP contribution in [0.15, 0.2) is 53.0 Å². The Balaban J connectivity index is 2.17. The van der Waals surface area contributed by atoms with E-state index >= 15 is 0 Å². The molecule has 0 saturated carbocycles. The van der Waals surface area contributed by atoms with Crippen LogP contribution >= 0.6 is 15.9 Å². The van der Waals surface area contributed by atoms with Gasteiger partial charge in [-0.1, -0.05) is 40.2 Å². The van der Waals surface area contributed by atoms with Gasteiger partial charge in [-0.2, -0.15) is 0 Å². The average molecular weight is 361 g/mol. The number of rotatable bonds is 6. The highest BCUT2D eigenvalue weighted by Crippen LogP contribution is 2.28. The lowest BCUT2D eigenvalue weighted by Gasteiger charge is -2.09. The third-order valence-corrected chi connectivity index (χ3v) is 3.52. The molecule has 0 radical (unpaired) electrons. The molecule has 3 nitrogen and oxygen atoms in total. The molecular weight excluding hydrogens is 344 g/mol. The average Bonchev–Trinajstić information content (AvgIpc) is 2.53. The highest BCUT2D eigenvalue weighted by molar-refractivity contribution is 9.10. The molecular formula is C18H17BrO3. The first-order valence-corrected chi connectivity index (χ1v) is 7.72. The summed E-state index contributed by atoms with van der Waals surface area (Å²) in [6.07, 6.45) is 3.32. The molecule has 0 aromatic heterocycles. The van der Waals surface area contributed by atoms with E-state index in [1.807, 2.05) is 37.3 Å². The molecule has 0 aliphatic rings. The third kappa shape index (κ3) is 4.21. The molecule has 2 aromatic carbocycles. The minimum Gasteiger partial charge on any atom is -0.493 e. The number of carbonyl (C=O) groups is 1. The van der Waals surface area contributed by atoms with Crippen molar-refractivity contribution >= 4 is 27.8 Å². The van der Waals surface area contributed by atoms with Gasteiger partial charge in [-0.15, -0.1) is 0 Å². The van der Waals surface area contributed by atoms with Gasteiger partial charge >= 0.3 is 0 Å². The van der Waals surface area contributed by atoms with Crippen LogP contribution < -0.4 is 9.47 Å². The zero-order valence-electron chi connectivity index (χ0n) is 12.5. The van der Waals surface area contributed by atoms with Crippen molar-refractivity contribution in [3.8, 4) is 11.5 Å². The van der Waals surface area contributed by atoms with Crippen LogP contribution in [0, 0.1) is 0 Å². The van der Waals surface area contributed by atoms with Crippen molar-refractivity contribution in [2.45, 2.75) is 6.92 Å². The Morgan fingerprint density at radius 3 is 2.68 bits per heavy atom. The molecule has 0 atom stereocenters. The van der Waals surface area contributed by atoms with Crippen molar-refractivity contribution in [2.75, 3.05) is 13.7 Å². The summed E-state index contributed by atoms with van der Waals surface area (Å²) >= 11 is 3.36. The summed E-state index contributed by atoms with van der Waals surface area (Å²) in [5.41, 5.74) is 1.52. The Labute approximate surface area is 138 Å². The van der Waals surface area contributed by atoms with Gasteiger partial charge in [-0.25, -0.2) is 0 Å². The zero-order chi connectivity index (χ0) is 15.9. The molecule has 0 unspecified atom stereocenters. The van der Waals surface area contributed by atoms with E-state index < -0.39 is 0 Å². The number of hydrogen-bond donors (Lipinski definition) is 0. The molecule has 0 aliphatic carbocycles. The Hall–Kier alpha value is -2.07. The van der Waals surface area contributed by atoms with Crippen LogP contribution in [-0.4, -0.2) is 19.5 Å². The van der Waals surface area contributed by atoms with E-state index in [2.05, 4.69) is 15.9 Å². The predicted molar refractivity (Wildman–Crippen MR) is 91.7 cm³/mol. The molecule has 0 fully saturated rings. The first-order chi connectivity index (χ1) is 10.6.